The Morgan fingerprint density at radius 3 is 1.62 bits per heavy atom. The van der Waals surface area contributed by atoms with Gasteiger partial charge in [0, 0.05) is 12.2 Å². The third-order valence-electron chi connectivity index (χ3n) is 3.12. The number of furan rings is 2. The lowest BCUT2D eigenvalue weighted by Crippen LogP contribution is -2.29. The fourth-order valence-corrected chi connectivity index (χ4v) is 1.71. The summed E-state index contributed by atoms with van der Waals surface area (Å²) in [5, 5.41) is 0. The van der Waals surface area contributed by atoms with Crippen LogP contribution in [-0.2, 0) is 19.1 Å². The Morgan fingerprint density at radius 1 is 0.875 bits per heavy atom. The molecule has 2 rings (SSSR count). The molecule has 126 valence electrons. The van der Waals surface area contributed by atoms with Gasteiger partial charge in [-0.2, -0.15) is 0 Å². The van der Waals surface area contributed by atoms with Gasteiger partial charge in [-0.05, 0) is 50.3 Å². The highest BCUT2D eigenvalue weighted by Crippen LogP contribution is 2.08. The molecule has 2 aromatic rings. The number of carbonyl (C=O) groups excluding carboxylic acids is 2. The van der Waals surface area contributed by atoms with E-state index in [0.29, 0.717) is 11.5 Å². The maximum absolute atomic E-state index is 11.7. The van der Waals surface area contributed by atoms with Crippen molar-refractivity contribution < 1.29 is 27.9 Å². The number of hydrogen-bond donors (Lipinski definition) is 0. The van der Waals surface area contributed by atoms with Crippen LogP contribution in [0.15, 0.2) is 57.8 Å². The van der Waals surface area contributed by atoms with Crippen molar-refractivity contribution in [1.82, 2.24) is 0 Å². The fourth-order valence-electron chi connectivity index (χ4n) is 1.71. The average molecular weight is 330 g/mol. The number of rotatable bonds is 7. The van der Waals surface area contributed by atoms with Crippen LogP contribution in [0.3, 0.4) is 0 Å². The van der Waals surface area contributed by atoms with E-state index in [9.17, 15) is 9.59 Å². The molecule has 0 saturated carbocycles. The third-order valence-corrected chi connectivity index (χ3v) is 3.12. The van der Waals surface area contributed by atoms with E-state index >= 15 is 0 Å². The van der Waals surface area contributed by atoms with E-state index < -0.39 is 24.1 Å². The van der Waals surface area contributed by atoms with Gasteiger partial charge in [0.1, 0.15) is 23.7 Å². The Kier molecular flexibility index (Phi) is 6.19. The SMILES string of the molecule is CC(OC(=O)C=Cc1ccco1)C(C)OC(=O)C=Cc1ccco1. The van der Waals surface area contributed by atoms with E-state index in [1.54, 1.807) is 38.1 Å². The highest BCUT2D eigenvalue weighted by molar-refractivity contribution is 5.87. The van der Waals surface area contributed by atoms with Crippen LogP contribution in [0.1, 0.15) is 25.4 Å². The summed E-state index contributed by atoms with van der Waals surface area (Å²) in [6, 6.07) is 6.85. The smallest absolute Gasteiger partial charge is 0.331 e. The Balaban J connectivity index is 1.77. The lowest BCUT2D eigenvalue weighted by Gasteiger charge is -2.19. The number of ether oxygens (including phenoxy) is 2. The van der Waals surface area contributed by atoms with Gasteiger partial charge in [0.05, 0.1) is 12.5 Å². The molecular weight excluding hydrogens is 312 g/mol. The molecule has 0 aliphatic heterocycles. The summed E-state index contributed by atoms with van der Waals surface area (Å²) in [4.78, 5) is 23.4. The average Bonchev–Trinajstić information content (AvgIpc) is 3.24. The molecule has 0 bridgehead atoms. The first-order chi connectivity index (χ1) is 11.5. The topological polar surface area (TPSA) is 78.9 Å². The fraction of sp³-hybridized carbons (Fsp3) is 0.222. The van der Waals surface area contributed by atoms with Crippen molar-refractivity contribution in [3.05, 3.63) is 60.5 Å². The van der Waals surface area contributed by atoms with Crippen LogP contribution in [0, 0.1) is 0 Å². The first kappa shape index (κ1) is 17.3. The Morgan fingerprint density at radius 2 is 1.29 bits per heavy atom. The summed E-state index contributed by atoms with van der Waals surface area (Å²) < 4.78 is 20.5. The molecule has 0 aliphatic rings. The normalized spacial score (nSPS) is 13.9. The molecule has 2 heterocycles. The van der Waals surface area contributed by atoms with Crippen molar-refractivity contribution in [3.8, 4) is 0 Å². The highest BCUT2D eigenvalue weighted by Gasteiger charge is 2.18. The van der Waals surface area contributed by atoms with Crippen LogP contribution >= 0.6 is 0 Å². The number of hydrogen-bond acceptors (Lipinski definition) is 6. The molecule has 6 heteroatoms. The molecule has 0 spiro atoms. The molecule has 0 fully saturated rings. The summed E-state index contributed by atoms with van der Waals surface area (Å²) in [5.74, 6) is -0.00913. The van der Waals surface area contributed by atoms with Crippen LogP contribution in [0.25, 0.3) is 12.2 Å². The molecule has 24 heavy (non-hydrogen) atoms. The zero-order chi connectivity index (χ0) is 17.4. The van der Waals surface area contributed by atoms with Crippen molar-refractivity contribution in [2.45, 2.75) is 26.1 Å². The number of esters is 2. The molecule has 2 unspecified atom stereocenters. The second-order valence-corrected chi connectivity index (χ2v) is 4.98. The molecule has 6 nitrogen and oxygen atoms in total. The van der Waals surface area contributed by atoms with Crippen molar-refractivity contribution in [2.75, 3.05) is 0 Å². The lowest BCUT2D eigenvalue weighted by molar-refractivity contribution is -0.158. The van der Waals surface area contributed by atoms with Gasteiger partial charge < -0.3 is 18.3 Å². The summed E-state index contributed by atoms with van der Waals surface area (Å²) in [6.07, 6.45) is 7.31. The Bertz CT molecular complexity index is 632. The van der Waals surface area contributed by atoms with Crippen molar-refractivity contribution in [2.24, 2.45) is 0 Å². The van der Waals surface area contributed by atoms with Crippen molar-refractivity contribution >= 4 is 24.1 Å². The highest BCUT2D eigenvalue weighted by atomic mass is 16.6. The standard InChI is InChI=1S/C18H18O6/c1-13(23-17(19)9-7-15-5-3-11-21-15)14(2)24-18(20)10-8-16-6-4-12-22-16/h3-14H,1-2H3. The molecule has 0 radical (unpaired) electrons. The largest absolute Gasteiger partial charge is 0.465 e. The molecule has 0 N–H and O–H groups in total. The summed E-state index contributed by atoms with van der Waals surface area (Å²) in [7, 11) is 0. The van der Waals surface area contributed by atoms with Crippen LogP contribution < -0.4 is 0 Å². The molecule has 0 amide bonds. The number of carbonyl (C=O) groups is 2. The molecule has 0 aromatic carbocycles. The van der Waals surface area contributed by atoms with Crippen LogP contribution in [0.4, 0.5) is 0 Å². The van der Waals surface area contributed by atoms with Crippen LogP contribution in [0.2, 0.25) is 0 Å². The first-order valence-corrected chi connectivity index (χ1v) is 7.39. The second kappa shape index (κ2) is 8.57. The third kappa shape index (κ3) is 5.64. The van der Waals surface area contributed by atoms with E-state index in [4.69, 9.17) is 18.3 Å². The lowest BCUT2D eigenvalue weighted by atomic mass is 10.2. The maximum Gasteiger partial charge on any atom is 0.331 e. The zero-order valence-electron chi connectivity index (χ0n) is 13.4. The minimum Gasteiger partial charge on any atom is -0.465 e. The van der Waals surface area contributed by atoms with Crippen molar-refractivity contribution in [3.63, 3.8) is 0 Å². The van der Waals surface area contributed by atoms with Gasteiger partial charge in [0.25, 0.3) is 0 Å². The summed E-state index contributed by atoms with van der Waals surface area (Å²) >= 11 is 0. The predicted molar refractivity (Wildman–Crippen MR) is 86.6 cm³/mol. The van der Waals surface area contributed by atoms with Gasteiger partial charge in [-0.1, -0.05) is 0 Å². The van der Waals surface area contributed by atoms with Gasteiger partial charge >= 0.3 is 11.9 Å². The summed E-state index contributed by atoms with van der Waals surface area (Å²) in [6.45, 7) is 3.29. The molecule has 0 aliphatic carbocycles. The van der Waals surface area contributed by atoms with E-state index in [1.807, 2.05) is 0 Å². The van der Waals surface area contributed by atoms with E-state index in [1.165, 1.54) is 36.8 Å². The predicted octanol–water partition coefficient (Wildman–Crippen LogP) is 3.46. The second-order valence-electron chi connectivity index (χ2n) is 4.98. The van der Waals surface area contributed by atoms with Gasteiger partial charge in [0.2, 0.25) is 0 Å². The van der Waals surface area contributed by atoms with Crippen molar-refractivity contribution in [1.29, 1.82) is 0 Å². The van der Waals surface area contributed by atoms with E-state index in [2.05, 4.69) is 0 Å². The van der Waals surface area contributed by atoms with Crippen LogP contribution in [0.5, 0.6) is 0 Å². The Labute approximate surface area is 139 Å². The van der Waals surface area contributed by atoms with E-state index in [-0.39, 0.29) is 0 Å². The monoisotopic (exact) mass is 330 g/mol. The van der Waals surface area contributed by atoms with Gasteiger partial charge in [-0.25, -0.2) is 9.59 Å². The Hall–Kier alpha value is -3.02. The zero-order valence-corrected chi connectivity index (χ0v) is 13.4. The molecule has 2 atom stereocenters. The minimum absolute atomic E-state index is 0.544. The minimum atomic E-state index is -0.597. The van der Waals surface area contributed by atoms with Gasteiger partial charge in [0.15, 0.2) is 0 Å². The van der Waals surface area contributed by atoms with Gasteiger partial charge in [-0.3, -0.25) is 0 Å². The van der Waals surface area contributed by atoms with Gasteiger partial charge in [-0.15, -0.1) is 0 Å². The quantitative estimate of drug-likeness (QED) is 0.571. The first-order valence-electron chi connectivity index (χ1n) is 7.39. The van der Waals surface area contributed by atoms with E-state index in [0.717, 1.165) is 0 Å². The molecular formula is C18H18O6. The summed E-state index contributed by atoms with van der Waals surface area (Å²) in [5.41, 5.74) is 0. The van der Waals surface area contributed by atoms with Crippen LogP contribution in [-0.4, -0.2) is 24.1 Å². The maximum atomic E-state index is 11.7. The molecule has 0 saturated heterocycles. The molecule has 2 aromatic heterocycles.